The number of amides is 1. The van der Waals surface area contributed by atoms with Crippen molar-refractivity contribution in [3.63, 3.8) is 0 Å². The highest BCUT2D eigenvalue weighted by Gasteiger charge is 2.61. The molecule has 2 fully saturated rings. The van der Waals surface area contributed by atoms with E-state index in [1.807, 2.05) is 0 Å². The number of carboxylic acid groups (broad SMARTS) is 1. The van der Waals surface area contributed by atoms with Gasteiger partial charge >= 0.3 is 11.9 Å². The lowest BCUT2D eigenvalue weighted by Gasteiger charge is -2.41. The number of hydrogen-bond acceptors (Lipinski definition) is 6. The lowest BCUT2D eigenvalue weighted by Crippen LogP contribution is -2.48. The summed E-state index contributed by atoms with van der Waals surface area (Å²) in [7, 11) is 0. The van der Waals surface area contributed by atoms with Crippen LogP contribution in [0, 0.1) is 16.7 Å². The zero-order valence-electron chi connectivity index (χ0n) is 16.5. The molecule has 154 valence electrons. The summed E-state index contributed by atoms with van der Waals surface area (Å²) in [5, 5.41) is 12.5. The van der Waals surface area contributed by atoms with E-state index < -0.39 is 30.4 Å². The van der Waals surface area contributed by atoms with E-state index in [9.17, 15) is 14.4 Å². The van der Waals surface area contributed by atoms with Crippen molar-refractivity contribution < 1.29 is 24.2 Å². The fourth-order valence-corrected chi connectivity index (χ4v) is 5.68. The zero-order chi connectivity index (χ0) is 20.7. The van der Waals surface area contributed by atoms with Crippen molar-refractivity contribution in [2.24, 2.45) is 22.5 Å². The normalized spacial score (nSPS) is 28.7. The summed E-state index contributed by atoms with van der Waals surface area (Å²) in [6.45, 7) is 5.93. The van der Waals surface area contributed by atoms with Crippen molar-refractivity contribution in [3.8, 4) is 0 Å². The van der Waals surface area contributed by atoms with Crippen molar-refractivity contribution >= 4 is 34.9 Å². The fourth-order valence-electron chi connectivity index (χ4n) is 5.04. The molecule has 3 N–H and O–H groups in total. The van der Waals surface area contributed by atoms with Crippen molar-refractivity contribution in [1.29, 1.82) is 0 Å². The number of carbonyl (C=O) groups excluding carboxylic acids is 2. The van der Waals surface area contributed by atoms with E-state index in [0.29, 0.717) is 11.6 Å². The van der Waals surface area contributed by atoms with E-state index in [2.05, 4.69) is 20.8 Å². The summed E-state index contributed by atoms with van der Waals surface area (Å²) >= 11 is 1.35. The molecular formula is C20H28N2O5S. The number of hydrogen-bond donors (Lipinski definition) is 2. The maximum Gasteiger partial charge on any atom is 0.323 e. The van der Waals surface area contributed by atoms with Crippen LogP contribution < -0.4 is 10.6 Å². The lowest BCUT2D eigenvalue weighted by molar-refractivity contribution is -0.165. The van der Waals surface area contributed by atoms with Crippen molar-refractivity contribution in [1.82, 2.24) is 0 Å². The zero-order valence-corrected chi connectivity index (χ0v) is 17.3. The third-order valence-electron chi connectivity index (χ3n) is 6.47. The molecular weight excluding hydrogens is 380 g/mol. The molecule has 2 bridgehead atoms. The largest absolute Gasteiger partial charge is 0.480 e. The van der Waals surface area contributed by atoms with Crippen molar-refractivity contribution in [2.75, 3.05) is 11.4 Å². The van der Waals surface area contributed by atoms with Crippen LogP contribution in [0.4, 0.5) is 5.69 Å². The predicted molar refractivity (Wildman–Crippen MR) is 106 cm³/mol. The molecule has 0 saturated heterocycles. The van der Waals surface area contributed by atoms with Crippen LogP contribution in [-0.2, 0) is 19.1 Å². The number of carbonyl (C=O) groups is 3. The fraction of sp³-hybridized carbons (Fsp3) is 0.650. The molecule has 8 heteroatoms. The maximum atomic E-state index is 12.7. The summed E-state index contributed by atoms with van der Waals surface area (Å²) in [6, 6.07) is 0.496. The lowest BCUT2D eigenvalue weighted by atomic mass is 9.70. The molecule has 28 heavy (non-hydrogen) atoms. The molecule has 3 unspecified atom stereocenters. The summed E-state index contributed by atoms with van der Waals surface area (Å²) in [6.07, 6.45) is 2.77. The summed E-state index contributed by atoms with van der Waals surface area (Å²) < 4.78 is 5.83. The van der Waals surface area contributed by atoms with Gasteiger partial charge in [0.1, 0.15) is 12.6 Å². The number of anilines is 1. The van der Waals surface area contributed by atoms with Gasteiger partial charge in [0, 0.05) is 16.2 Å². The molecule has 0 radical (unpaired) electrons. The molecule has 1 aromatic rings. The summed E-state index contributed by atoms with van der Waals surface area (Å²) in [5.41, 5.74) is 6.31. The van der Waals surface area contributed by atoms with Gasteiger partial charge in [0.15, 0.2) is 0 Å². The molecule has 0 spiro atoms. The van der Waals surface area contributed by atoms with Crippen molar-refractivity contribution in [3.05, 3.63) is 16.8 Å². The van der Waals surface area contributed by atoms with Crippen LogP contribution in [0.3, 0.4) is 0 Å². The van der Waals surface area contributed by atoms with E-state index >= 15 is 0 Å². The first-order chi connectivity index (χ1) is 13.0. The molecule has 0 aliphatic heterocycles. The second-order valence-electron chi connectivity index (χ2n) is 8.90. The molecule has 1 aromatic heterocycles. The Morgan fingerprint density at radius 1 is 1.39 bits per heavy atom. The van der Waals surface area contributed by atoms with Gasteiger partial charge < -0.3 is 15.6 Å². The van der Waals surface area contributed by atoms with Gasteiger partial charge in [-0.3, -0.25) is 19.3 Å². The first-order valence-electron chi connectivity index (χ1n) is 9.55. The first kappa shape index (κ1) is 20.8. The highest BCUT2D eigenvalue weighted by Crippen LogP contribution is 2.63. The molecule has 7 nitrogen and oxygen atoms in total. The number of rotatable bonds is 7. The summed E-state index contributed by atoms with van der Waals surface area (Å²) in [5.74, 6) is -1.72. The van der Waals surface area contributed by atoms with E-state index in [1.54, 1.807) is 16.8 Å². The predicted octanol–water partition coefficient (Wildman–Crippen LogP) is 2.64. The van der Waals surface area contributed by atoms with E-state index in [0.717, 1.165) is 24.2 Å². The number of aliphatic carboxylic acids is 1. The van der Waals surface area contributed by atoms with Gasteiger partial charge in [-0.2, -0.15) is 11.3 Å². The van der Waals surface area contributed by atoms with Crippen LogP contribution in [0.1, 0.15) is 46.5 Å². The molecule has 3 rings (SSSR count). The molecule has 2 saturated carbocycles. The molecule has 1 amide bonds. The van der Waals surface area contributed by atoms with Gasteiger partial charge in [0.2, 0.25) is 5.91 Å². The van der Waals surface area contributed by atoms with Gasteiger partial charge in [-0.1, -0.05) is 20.8 Å². The number of ether oxygens (including phenoxy) is 1. The van der Waals surface area contributed by atoms with E-state index in [1.165, 1.54) is 11.3 Å². The van der Waals surface area contributed by atoms with Gasteiger partial charge in [-0.15, -0.1) is 0 Å². The Morgan fingerprint density at radius 3 is 2.64 bits per heavy atom. The van der Waals surface area contributed by atoms with E-state index in [-0.39, 0.29) is 23.4 Å². The average molecular weight is 409 g/mol. The smallest absolute Gasteiger partial charge is 0.323 e. The average Bonchev–Trinajstić information content (AvgIpc) is 3.29. The Balaban J connectivity index is 1.65. The molecule has 1 heterocycles. The Kier molecular flexibility index (Phi) is 5.55. The molecule has 0 aromatic carbocycles. The van der Waals surface area contributed by atoms with E-state index in [4.69, 9.17) is 15.6 Å². The van der Waals surface area contributed by atoms with Gasteiger partial charge in [-0.25, -0.2) is 0 Å². The second kappa shape index (κ2) is 7.48. The van der Waals surface area contributed by atoms with Crippen LogP contribution in [-0.4, -0.2) is 41.6 Å². The number of nitrogens with two attached hydrogens (primary N) is 1. The van der Waals surface area contributed by atoms with Crippen LogP contribution in [0.15, 0.2) is 16.8 Å². The Hall–Kier alpha value is -1.93. The van der Waals surface area contributed by atoms with Crippen LogP contribution in [0.5, 0.6) is 0 Å². The third-order valence-corrected chi connectivity index (χ3v) is 7.14. The van der Waals surface area contributed by atoms with Gasteiger partial charge in [-0.05, 0) is 36.6 Å². The minimum absolute atomic E-state index is 0.0239. The van der Waals surface area contributed by atoms with Crippen LogP contribution in [0.2, 0.25) is 0 Å². The molecule has 2 aliphatic carbocycles. The van der Waals surface area contributed by atoms with Crippen molar-refractivity contribution in [2.45, 2.75) is 58.6 Å². The van der Waals surface area contributed by atoms with Gasteiger partial charge in [0.05, 0.1) is 18.2 Å². The number of carboxylic acids is 1. The highest BCUT2D eigenvalue weighted by molar-refractivity contribution is 7.08. The number of esters is 1. The Morgan fingerprint density at radius 2 is 2.11 bits per heavy atom. The first-order valence-corrected chi connectivity index (χ1v) is 10.5. The number of fused-ring (bicyclic) bond motifs is 2. The minimum atomic E-state index is -1.15. The van der Waals surface area contributed by atoms with Crippen LogP contribution in [0.25, 0.3) is 0 Å². The van der Waals surface area contributed by atoms with Gasteiger partial charge in [0.25, 0.3) is 0 Å². The Labute approximate surface area is 168 Å². The minimum Gasteiger partial charge on any atom is -0.480 e. The molecule has 2 aliphatic rings. The SMILES string of the molecule is CC12CCC(C1)C(C)(C)C2OC(=O)C[C@H](N)C(=O)N(CC(=O)O)c1ccsc1. The highest BCUT2D eigenvalue weighted by atomic mass is 32.1. The quantitative estimate of drug-likeness (QED) is 0.671. The third kappa shape index (κ3) is 3.80. The monoisotopic (exact) mass is 408 g/mol. The second-order valence-corrected chi connectivity index (χ2v) is 9.68. The Bertz CT molecular complexity index is 758. The number of nitrogens with zero attached hydrogens (tertiary/aromatic N) is 1. The molecule has 4 atom stereocenters. The topological polar surface area (TPSA) is 110 Å². The number of thiophene rings is 1. The standard InChI is InChI=1S/C20H28N2O5S/c1-19(2)12-4-6-20(3,9-12)18(19)27-16(25)8-14(21)17(26)22(10-15(23)24)13-5-7-28-11-13/h5,7,11-12,14,18H,4,6,8-10,21H2,1-3H3,(H,23,24)/t12?,14-,18?,20?/m0/s1. The van der Waals surface area contributed by atoms with Crippen LogP contribution >= 0.6 is 11.3 Å². The summed E-state index contributed by atoms with van der Waals surface area (Å²) in [4.78, 5) is 37.5. The maximum absolute atomic E-state index is 12.7.